The summed E-state index contributed by atoms with van der Waals surface area (Å²) in [5.74, 6) is 0.252. The molecule has 0 bridgehead atoms. The lowest BCUT2D eigenvalue weighted by molar-refractivity contribution is 0.0694. The van der Waals surface area contributed by atoms with Gasteiger partial charge in [-0.05, 0) is 61.6 Å². The number of fused-ring (bicyclic) bond motifs is 1. The minimum atomic E-state index is -4.01. The molecule has 1 heterocycles. The summed E-state index contributed by atoms with van der Waals surface area (Å²) in [6.45, 7) is 2.44. The molecule has 2 aliphatic rings. The van der Waals surface area contributed by atoms with Gasteiger partial charge in [0.2, 0.25) is 0 Å². The van der Waals surface area contributed by atoms with Crippen molar-refractivity contribution in [1.29, 1.82) is 5.26 Å². The molecule has 2 aromatic carbocycles. The smallest absolute Gasteiger partial charge is 0.262 e. The van der Waals surface area contributed by atoms with E-state index in [1.54, 1.807) is 23.1 Å². The molecule has 6 nitrogen and oxygen atoms in total. The van der Waals surface area contributed by atoms with Crippen LogP contribution in [0.5, 0.6) is 0 Å². The topological polar surface area (TPSA) is 90.3 Å². The van der Waals surface area contributed by atoms with Crippen LogP contribution in [-0.2, 0) is 16.6 Å². The predicted molar refractivity (Wildman–Crippen MR) is 108 cm³/mol. The SMILES string of the molecule is C[C@@H](C1CC1)N1Cc2cc(Br)cc(S(=O)(=O)Nc3cccc(C#N)c3)c2C1=O. The van der Waals surface area contributed by atoms with Crippen LogP contribution in [-0.4, -0.2) is 25.3 Å². The van der Waals surface area contributed by atoms with Gasteiger partial charge < -0.3 is 4.90 Å². The fourth-order valence-corrected chi connectivity index (χ4v) is 5.61. The van der Waals surface area contributed by atoms with Crippen LogP contribution in [0.2, 0.25) is 0 Å². The average molecular weight is 460 g/mol. The number of halogens is 1. The van der Waals surface area contributed by atoms with Crippen LogP contribution in [0.25, 0.3) is 0 Å². The maximum Gasteiger partial charge on any atom is 0.262 e. The van der Waals surface area contributed by atoms with Crippen LogP contribution < -0.4 is 4.72 Å². The molecule has 1 atom stereocenters. The molecule has 1 saturated carbocycles. The number of nitrogens with one attached hydrogen (secondary N) is 1. The first-order chi connectivity index (χ1) is 13.3. The van der Waals surface area contributed by atoms with Crippen LogP contribution in [0.15, 0.2) is 45.8 Å². The van der Waals surface area contributed by atoms with Crippen molar-refractivity contribution in [2.75, 3.05) is 4.72 Å². The third kappa shape index (κ3) is 3.40. The highest BCUT2D eigenvalue weighted by Gasteiger charge is 2.41. The Morgan fingerprint density at radius 3 is 2.71 bits per heavy atom. The summed E-state index contributed by atoms with van der Waals surface area (Å²) in [5, 5.41) is 9.02. The first-order valence-electron chi connectivity index (χ1n) is 8.96. The van der Waals surface area contributed by atoms with Crippen molar-refractivity contribution in [2.24, 2.45) is 5.92 Å². The van der Waals surface area contributed by atoms with Gasteiger partial charge in [-0.15, -0.1) is 0 Å². The van der Waals surface area contributed by atoms with Gasteiger partial charge in [0, 0.05) is 17.1 Å². The van der Waals surface area contributed by atoms with Crippen LogP contribution in [0.3, 0.4) is 0 Å². The van der Waals surface area contributed by atoms with Crippen molar-refractivity contribution >= 4 is 37.5 Å². The minimum absolute atomic E-state index is 0.0465. The van der Waals surface area contributed by atoms with Gasteiger partial charge in [-0.25, -0.2) is 8.42 Å². The van der Waals surface area contributed by atoms with Crippen molar-refractivity contribution in [3.63, 3.8) is 0 Å². The third-order valence-corrected chi connectivity index (χ3v) is 7.16. The molecule has 1 amide bonds. The Labute approximate surface area is 172 Å². The second-order valence-corrected chi connectivity index (χ2v) is 9.81. The number of carbonyl (C=O) groups excluding carboxylic acids is 1. The highest BCUT2D eigenvalue weighted by atomic mass is 79.9. The van der Waals surface area contributed by atoms with Crippen molar-refractivity contribution in [3.05, 3.63) is 57.6 Å². The highest BCUT2D eigenvalue weighted by molar-refractivity contribution is 9.10. The summed E-state index contributed by atoms with van der Waals surface area (Å²) >= 11 is 3.37. The van der Waals surface area contributed by atoms with Crippen molar-refractivity contribution < 1.29 is 13.2 Å². The quantitative estimate of drug-likeness (QED) is 0.734. The molecule has 2 aromatic rings. The van der Waals surface area contributed by atoms with Gasteiger partial charge in [0.1, 0.15) is 4.90 Å². The zero-order chi connectivity index (χ0) is 20.1. The molecule has 1 N–H and O–H groups in total. The van der Waals surface area contributed by atoms with E-state index in [0.717, 1.165) is 12.8 Å². The van der Waals surface area contributed by atoms with Gasteiger partial charge in [0.15, 0.2) is 0 Å². The Kier molecular flexibility index (Phi) is 4.68. The number of nitriles is 1. The summed E-state index contributed by atoms with van der Waals surface area (Å²) < 4.78 is 29.3. The molecule has 8 heteroatoms. The summed E-state index contributed by atoms with van der Waals surface area (Å²) in [6, 6.07) is 11.6. The zero-order valence-electron chi connectivity index (χ0n) is 15.1. The van der Waals surface area contributed by atoms with Crippen LogP contribution in [0.4, 0.5) is 5.69 Å². The van der Waals surface area contributed by atoms with Gasteiger partial charge in [-0.3, -0.25) is 9.52 Å². The Bertz CT molecular complexity index is 1120. The predicted octanol–water partition coefficient (Wildman–Crippen LogP) is 3.88. The van der Waals surface area contributed by atoms with Crippen LogP contribution in [0, 0.1) is 17.2 Å². The van der Waals surface area contributed by atoms with E-state index in [2.05, 4.69) is 20.7 Å². The highest BCUT2D eigenvalue weighted by Crippen LogP contribution is 2.40. The van der Waals surface area contributed by atoms with E-state index in [0.29, 0.717) is 28.1 Å². The molecule has 0 unspecified atom stereocenters. The van der Waals surface area contributed by atoms with E-state index >= 15 is 0 Å². The van der Waals surface area contributed by atoms with E-state index < -0.39 is 10.0 Å². The normalized spacial score (nSPS) is 17.2. The molecule has 1 aliphatic carbocycles. The Hall–Kier alpha value is -2.37. The van der Waals surface area contributed by atoms with E-state index in [4.69, 9.17) is 5.26 Å². The molecule has 1 aliphatic heterocycles. The average Bonchev–Trinajstić information content (AvgIpc) is 3.45. The molecular formula is C20H18BrN3O3S. The molecule has 0 saturated heterocycles. The molecule has 4 rings (SSSR count). The maximum atomic E-state index is 13.1. The molecule has 144 valence electrons. The summed E-state index contributed by atoms with van der Waals surface area (Å²) in [5.41, 5.74) is 1.57. The number of amides is 1. The number of carbonyl (C=O) groups is 1. The summed E-state index contributed by atoms with van der Waals surface area (Å²) in [6.07, 6.45) is 2.21. The van der Waals surface area contributed by atoms with Crippen molar-refractivity contribution in [1.82, 2.24) is 4.90 Å². The molecule has 1 fully saturated rings. The second-order valence-electron chi connectivity index (χ2n) is 7.25. The lowest BCUT2D eigenvalue weighted by Crippen LogP contribution is -2.35. The van der Waals surface area contributed by atoms with Crippen LogP contribution >= 0.6 is 15.9 Å². The summed E-state index contributed by atoms with van der Waals surface area (Å²) in [4.78, 5) is 14.8. The fourth-order valence-electron chi connectivity index (χ4n) is 3.64. The Balaban J connectivity index is 1.73. The first-order valence-corrected chi connectivity index (χ1v) is 11.2. The van der Waals surface area contributed by atoms with Crippen LogP contribution in [0.1, 0.15) is 41.3 Å². The lowest BCUT2D eigenvalue weighted by Gasteiger charge is -2.24. The fraction of sp³-hybridized carbons (Fsp3) is 0.300. The van der Waals surface area contributed by atoms with Gasteiger partial charge in [-0.1, -0.05) is 22.0 Å². The maximum absolute atomic E-state index is 13.1. The number of hydrogen-bond acceptors (Lipinski definition) is 4. The van der Waals surface area contributed by atoms with Gasteiger partial charge in [-0.2, -0.15) is 5.26 Å². The largest absolute Gasteiger partial charge is 0.331 e. The number of rotatable bonds is 5. The monoisotopic (exact) mass is 459 g/mol. The van der Waals surface area contributed by atoms with E-state index in [-0.39, 0.29) is 28.1 Å². The second kappa shape index (κ2) is 6.90. The van der Waals surface area contributed by atoms with Crippen molar-refractivity contribution in [3.8, 4) is 6.07 Å². The Morgan fingerprint density at radius 1 is 1.29 bits per heavy atom. The first kappa shape index (κ1) is 19.0. The molecular weight excluding hydrogens is 442 g/mol. The Morgan fingerprint density at radius 2 is 2.04 bits per heavy atom. The van der Waals surface area contributed by atoms with E-state index in [1.807, 2.05) is 19.1 Å². The molecule has 0 radical (unpaired) electrons. The minimum Gasteiger partial charge on any atom is -0.331 e. The number of hydrogen-bond donors (Lipinski definition) is 1. The number of sulfonamides is 1. The number of anilines is 1. The van der Waals surface area contributed by atoms with E-state index in [9.17, 15) is 13.2 Å². The molecule has 0 spiro atoms. The van der Waals surface area contributed by atoms with E-state index in [1.165, 1.54) is 12.1 Å². The van der Waals surface area contributed by atoms with Gasteiger partial charge in [0.25, 0.3) is 15.9 Å². The zero-order valence-corrected chi connectivity index (χ0v) is 17.5. The third-order valence-electron chi connectivity index (χ3n) is 5.29. The van der Waals surface area contributed by atoms with Gasteiger partial charge >= 0.3 is 0 Å². The van der Waals surface area contributed by atoms with Crippen molar-refractivity contribution in [2.45, 2.75) is 37.2 Å². The summed E-state index contributed by atoms with van der Waals surface area (Å²) in [7, 11) is -4.01. The lowest BCUT2D eigenvalue weighted by atomic mass is 10.1. The molecule has 0 aromatic heterocycles. The standard InChI is InChI=1S/C20H18BrN3O3S/c1-12(14-5-6-14)24-11-15-8-16(21)9-18(19(15)20(24)25)28(26,27)23-17-4-2-3-13(7-17)10-22/h2-4,7-9,12,14,23H,5-6,11H2,1H3/t12-/m0/s1. The van der Waals surface area contributed by atoms with Gasteiger partial charge in [0.05, 0.1) is 22.9 Å². The number of nitrogens with zero attached hydrogens (tertiary/aromatic N) is 2. The number of benzene rings is 2. The molecule has 28 heavy (non-hydrogen) atoms.